The third-order valence-corrected chi connectivity index (χ3v) is 7.10. The fourth-order valence-electron chi connectivity index (χ4n) is 3.59. The van der Waals surface area contributed by atoms with Gasteiger partial charge in [-0.05, 0) is 52.6 Å². The maximum atomic E-state index is 10.4. The molecule has 1 nitrogen and oxygen atoms in total. The van der Waals surface area contributed by atoms with Crippen LogP contribution in [0.15, 0.2) is 12.1 Å². The van der Waals surface area contributed by atoms with Gasteiger partial charge in [0, 0.05) is 5.66 Å². The minimum absolute atomic E-state index is 0.0908. The van der Waals surface area contributed by atoms with Crippen LogP contribution in [0.25, 0.3) is 0 Å². The van der Waals surface area contributed by atoms with E-state index in [1.165, 1.54) is 36.0 Å². The van der Waals surface area contributed by atoms with E-state index in [2.05, 4.69) is 53.7 Å². The molecule has 1 aromatic rings. The normalized spacial score (nSPS) is 22.9. The molecule has 0 aromatic heterocycles. The molecule has 0 radical (unpaired) electrons. The molecular formula is C21H35OP. The predicted octanol–water partition coefficient (Wildman–Crippen LogP) is 5.66. The van der Waals surface area contributed by atoms with Gasteiger partial charge in [-0.1, -0.05) is 75.1 Å². The molecule has 1 aliphatic rings. The van der Waals surface area contributed by atoms with E-state index in [0.29, 0.717) is 23.4 Å². The van der Waals surface area contributed by atoms with Crippen LogP contribution in [-0.2, 0) is 0 Å². The molecule has 1 aliphatic carbocycles. The minimum atomic E-state index is -0.0908. The van der Waals surface area contributed by atoms with Crippen LogP contribution in [0.4, 0.5) is 0 Å². The van der Waals surface area contributed by atoms with E-state index < -0.39 is 0 Å². The van der Waals surface area contributed by atoms with Crippen LogP contribution in [0.5, 0.6) is 0 Å². The maximum Gasteiger partial charge on any atom is 0.0608 e. The number of rotatable bonds is 5. The van der Waals surface area contributed by atoms with Crippen molar-refractivity contribution in [3.8, 4) is 0 Å². The lowest BCUT2D eigenvalue weighted by molar-refractivity contribution is 0.136. The van der Waals surface area contributed by atoms with Crippen molar-refractivity contribution in [1.29, 1.82) is 0 Å². The largest absolute Gasteiger partial charge is 0.392 e. The Balaban J connectivity index is 2.45. The molecule has 1 aromatic carbocycles. The van der Waals surface area contributed by atoms with Gasteiger partial charge in [0.1, 0.15) is 0 Å². The Bertz CT molecular complexity index is 490. The summed E-state index contributed by atoms with van der Waals surface area (Å²) in [6, 6.07) is 4.89. The summed E-state index contributed by atoms with van der Waals surface area (Å²) in [6.07, 6.45) is 4.58. The average Bonchev–Trinajstić information content (AvgIpc) is 2.48. The van der Waals surface area contributed by atoms with Crippen molar-refractivity contribution < 1.29 is 5.11 Å². The highest BCUT2D eigenvalue weighted by atomic mass is 31.1. The zero-order chi connectivity index (χ0) is 17.1. The van der Waals surface area contributed by atoms with Gasteiger partial charge < -0.3 is 5.11 Å². The van der Waals surface area contributed by atoms with Crippen LogP contribution in [-0.4, -0.2) is 16.9 Å². The van der Waals surface area contributed by atoms with E-state index in [-0.39, 0.29) is 6.10 Å². The van der Waals surface area contributed by atoms with E-state index in [0.717, 1.165) is 15.0 Å². The standard InChI is InChI=1S/C21H35OP/c1-13(2)16-11-17(14(3)4)21(18(12-16)15(5)6)23-20-10-8-7-9-19(20)22/h11-15,19-20,22-23H,7-10H2,1-6H3/t19-,20-/m1/s1. The molecule has 0 aliphatic heterocycles. The van der Waals surface area contributed by atoms with E-state index in [9.17, 15) is 5.11 Å². The van der Waals surface area contributed by atoms with Crippen LogP contribution in [0.3, 0.4) is 0 Å². The summed E-state index contributed by atoms with van der Waals surface area (Å²) in [5.74, 6) is 1.67. The first-order valence-corrected chi connectivity index (χ1v) is 10.5. The van der Waals surface area contributed by atoms with Crippen LogP contribution in [0.2, 0.25) is 0 Å². The van der Waals surface area contributed by atoms with Crippen LogP contribution in [0, 0.1) is 0 Å². The van der Waals surface area contributed by atoms with E-state index in [1.54, 1.807) is 5.30 Å². The van der Waals surface area contributed by atoms with Gasteiger partial charge in [0.05, 0.1) is 6.10 Å². The monoisotopic (exact) mass is 334 g/mol. The molecule has 2 rings (SSSR count). The molecule has 0 heterocycles. The third-order valence-electron chi connectivity index (χ3n) is 5.19. The van der Waals surface area contributed by atoms with Crippen molar-refractivity contribution in [2.45, 2.75) is 96.7 Å². The Labute approximate surface area is 145 Å². The molecule has 1 fully saturated rings. The van der Waals surface area contributed by atoms with E-state index in [1.807, 2.05) is 0 Å². The first-order valence-electron chi connectivity index (χ1n) is 9.43. The summed E-state index contributed by atoms with van der Waals surface area (Å²) < 4.78 is 0. The molecule has 0 spiro atoms. The van der Waals surface area contributed by atoms with Crippen LogP contribution >= 0.6 is 8.58 Å². The first-order chi connectivity index (χ1) is 10.8. The van der Waals surface area contributed by atoms with Gasteiger partial charge in [-0.25, -0.2) is 0 Å². The van der Waals surface area contributed by atoms with Gasteiger partial charge in [-0.2, -0.15) is 0 Å². The quantitative estimate of drug-likeness (QED) is 0.688. The SMILES string of the molecule is CC(C)c1cc(C(C)C)c(P[C@@H]2CCCC[C@H]2O)c(C(C)C)c1. The van der Waals surface area contributed by atoms with Crippen molar-refractivity contribution >= 4 is 13.9 Å². The molecule has 2 heteroatoms. The Morgan fingerprint density at radius 2 is 1.39 bits per heavy atom. The topological polar surface area (TPSA) is 20.2 Å². The molecule has 1 saturated carbocycles. The maximum absolute atomic E-state index is 10.4. The van der Waals surface area contributed by atoms with E-state index >= 15 is 0 Å². The van der Waals surface area contributed by atoms with Gasteiger partial charge in [-0.3, -0.25) is 0 Å². The van der Waals surface area contributed by atoms with Gasteiger partial charge in [-0.15, -0.1) is 0 Å². The molecule has 1 unspecified atom stereocenters. The molecule has 0 saturated heterocycles. The zero-order valence-electron chi connectivity index (χ0n) is 15.8. The lowest BCUT2D eigenvalue weighted by Crippen LogP contribution is -2.29. The van der Waals surface area contributed by atoms with Crippen molar-refractivity contribution in [3.63, 3.8) is 0 Å². The second-order valence-corrected chi connectivity index (χ2v) is 9.67. The van der Waals surface area contributed by atoms with Crippen molar-refractivity contribution in [2.75, 3.05) is 0 Å². The fraction of sp³-hybridized carbons (Fsp3) is 0.714. The molecule has 0 amide bonds. The second-order valence-electron chi connectivity index (χ2n) is 8.14. The summed E-state index contributed by atoms with van der Waals surface area (Å²) in [5, 5.41) is 12.0. The van der Waals surface area contributed by atoms with Crippen LogP contribution in [0.1, 0.15) is 102 Å². The number of aliphatic hydroxyl groups is 1. The third kappa shape index (κ3) is 4.58. The van der Waals surface area contributed by atoms with Gasteiger partial charge in [0.15, 0.2) is 0 Å². The van der Waals surface area contributed by atoms with Gasteiger partial charge in [0.2, 0.25) is 0 Å². The Morgan fingerprint density at radius 1 is 0.870 bits per heavy atom. The number of benzene rings is 1. The van der Waals surface area contributed by atoms with E-state index in [4.69, 9.17) is 0 Å². The lowest BCUT2D eigenvalue weighted by Gasteiger charge is -2.31. The number of hydrogen-bond acceptors (Lipinski definition) is 1. The molecule has 0 bridgehead atoms. The van der Waals surface area contributed by atoms with Gasteiger partial charge >= 0.3 is 0 Å². The molecule has 23 heavy (non-hydrogen) atoms. The highest BCUT2D eigenvalue weighted by molar-refractivity contribution is 7.48. The number of hydrogen-bond donors (Lipinski definition) is 1. The summed E-state index contributed by atoms with van der Waals surface area (Å²) in [6.45, 7) is 13.8. The summed E-state index contributed by atoms with van der Waals surface area (Å²) in [5.41, 5.74) is 4.99. The fourth-order valence-corrected chi connectivity index (χ4v) is 5.72. The first kappa shape index (κ1) is 18.9. The smallest absolute Gasteiger partial charge is 0.0608 e. The highest BCUT2D eigenvalue weighted by Gasteiger charge is 2.26. The molecular weight excluding hydrogens is 299 g/mol. The zero-order valence-corrected chi connectivity index (χ0v) is 16.8. The predicted molar refractivity (Wildman–Crippen MR) is 105 cm³/mol. The molecule has 1 N–H and O–H groups in total. The lowest BCUT2D eigenvalue weighted by atomic mass is 9.89. The van der Waals surface area contributed by atoms with Crippen molar-refractivity contribution in [2.24, 2.45) is 0 Å². The number of aliphatic hydroxyl groups excluding tert-OH is 1. The second kappa shape index (κ2) is 8.13. The summed E-state index contributed by atoms with van der Waals surface area (Å²) in [4.78, 5) is 0. The summed E-state index contributed by atoms with van der Waals surface area (Å²) >= 11 is 0. The van der Waals surface area contributed by atoms with Gasteiger partial charge in [0.25, 0.3) is 0 Å². The Hall–Kier alpha value is -0.390. The summed E-state index contributed by atoms with van der Waals surface area (Å²) in [7, 11) is 0.757. The van der Waals surface area contributed by atoms with Crippen molar-refractivity contribution in [1.82, 2.24) is 0 Å². The average molecular weight is 334 g/mol. The molecule has 130 valence electrons. The molecule has 3 atom stereocenters. The Kier molecular flexibility index (Phi) is 6.69. The van der Waals surface area contributed by atoms with Crippen LogP contribution < -0.4 is 5.30 Å². The highest BCUT2D eigenvalue weighted by Crippen LogP contribution is 2.38. The van der Waals surface area contributed by atoms with Crippen molar-refractivity contribution in [3.05, 3.63) is 28.8 Å². The minimum Gasteiger partial charge on any atom is -0.392 e. The Morgan fingerprint density at radius 3 is 1.83 bits per heavy atom.